The number of piperidine rings is 1. The molecule has 6 rings (SSSR count). The summed E-state index contributed by atoms with van der Waals surface area (Å²) in [7, 11) is -3.70. The molecule has 1 saturated heterocycles. The maximum Gasteiger partial charge on any atom is 0.243 e. The van der Waals surface area contributed by atoms with E-state index >= 15 is 0 Å². The number of hydrogen-bond donors (Lipinski definition) is 2. The largest absolute Gasteiger partial charge is 0.382 e. The lowest BCUT2D eigenvalue weighted by molar-refractivity contribution is 0.277. The molecule has 12 heteroatoms. The smallest absolute Gasteiger partial charge is 0.243 e. The fourth-order valence-electron chi connectivity index (χ4n) is 6.61. The summed E-state index contributed by atoms with van der Waals surface area (Å²) in [5.41, 5.74) is 14.1. The Hall–Kier alpha value is -2.83. The van der Waals surface area contributed by atoms with Crippen LogP contribution < -0.4 is 16.4 Å². The van der Waals surface area contributed by atoms with Crippen molar-refractivity contribution in [2.75, 3.05) is 23.7 Å². The van der Waals surface area contributed by atoms with Gasteiger partial charge in [-0.1, -0.05) is 12.8 Å². The van der Waals surface area contributed by atoms with E-state index in [4.69, 9.17) is 21.4 Å². The molecule has 3 heterocycles. The minimum Gasteiger partial charge on any atom is -0.382 e. The molecule has 3 aliphatic rings. The Morgan fingerprint density at radius 1 is 0.897 bits per heavy atom. The van der Waals surface area contributed by atoms with E-state index in [0.717, 1.165) is 44.2 Å². The molecule has 2 saturated carbocycles. The molecule has 1 aromatic carbocycles. The van der Waals surface area contributed by atoms with Gasteiger partial charge < -0.3 is 20.9 Å². The first-order valence-corrected chi connectivity index (χ1v) is 15.5. The summed E-state index contributed by atoms with van der Waals surface area (Å²) >= 11 is 0. The number of rotatable bonds is 6. The van der Waals surface area contributed by atoms with Crippen LogP contribution in [0.5, 0.6) is 0 Å². The van der Waals surface area contributed by atoms with Crippen molar-refractivity contribution in [1.82, 2.24) is 23.8 Å². The SMILES string of the molecule is Nc1nc(N(C2CCC(N)CC2)C2CCN(S(=O)(=O)c3ccc(F)cc3)CC2)nc2c1ncn2C1CCCC1. The van der Waals surface area contributed by atoms with E-state index in [1.807, 2.05) is 6.33 Å². The second-order valence-corrected chi connectivity index (χ2v) is 13.2. The van der Waals surface area contributed by atoms with E-state index in [2.05, 4.69) is 14.5 Å². The van der Waals surface area contributed by atoms with Crippen molar-refractivity contribution >= 4 is 33.0 Å². The van der Waals surface area contributed by atoms with Crippen molar-refractivity contribution in [2.24, 2.45) is 5.73 Å². The number of nitrogens with two attached hydrogens (primary N) is 2. The van der Waals surface area contributed by atoms with Crippen molar-refractivity contribution in [3.05, 3.63) is 36.4 Å². The summed E-state index contributed by atoms with van der Waals surface area (Å²) in [6.45, 7) is 0.732. The Kier molecular flexibility index (Phi) is 7.19. The molecule has 1 aliphatic heterocycles. The minimum absolute atomic E-state index is 0.0590. The van der Waals surface area contributed by atoms with Gasteiger partial charge in [-0.25, -0.2) is 17.8 Å². The maximum absolute atomic E-state index is 13.4. The number of benzene rings is 1. The normalized spacial score (nSPS) is 23.9. The van der Waals surface area contributed by atoms with E-state index in [9.17, 15) is 12.8 Å². The molecule has 0 bridgehead atoms. The third-order valence-corrected chi connectivity index (χ3v) is 10.7. The monoisotopic (exact) mass is 556 g/mol. The molecular formula is C27H37FN8O2S. The third kappa shape index (κ3) is 5.09. The fourth-order valence-corrected chi connectivity index (χ4v) is 8.08. The van der Waals surface area contributed by atoms with E-state index in [-0.39, 0.29) is 23.0 Å². The predicted molar refractivity (Wildman–Crippen MR) is 148 cm³/mol. The van der Waals surface area contributed by atoms with Gasteiger partial charge >= 0.3 is 0 Å². The van der Waals surface area contributed by atoms with Crippen LogP contribution in [0.15, 0.2) is 35.5 Å². The molecule has 4 N–H and O–H groups in total. The number of fused-ring (bicyclic) bond motifs is 1. The molecule has 0 atom stereocenters. The first-order valence-electron chi connectivity index (χ1n) is 14.1. The molecule has 3 fully saturated rings. The zero-order valence-electron chi connectivity index (χ0n) is 22.1. The lowest BCUT2D eigenvalue weighted by Gasteiger charge is -2.44. The zero-order chi connectivity index (χ0) is 27.1. The predicted octanol–water partition coefficient (Wildman–Crippen LogP) is 3.59. The number of hydrogen-bond acceptors (Lipinski definition) is 8. The Morgan fingerprint density at radius 3 is 2.21 bits per heavy atom. The average Bonchev–Trinajstić information content (AvgIpc) is 3.61. The number of anilines is 2. The van der Waals surface area contributed by atoms with Crippen LogP contribution in [0.1, 0.15) is 70.3 Å². The van der Waals surface area contributed by atoms with Crippen LogP contribution in [0.4, 0.5) is 16.2 Å². The van der Waals surface area contributed by atoms with E-state index in [1.165, 1.54) is 41.4 Å². The first-order chi connectivity index (χ1) is 18.8. The molecule has 3 aromatic rings. The average molecular weight is 557 g/mol. The minimum atomic E-state index is -3.70. The van der Waals surface area contributed by atoms with Crippen LogP contribution in [0.25, 0.3) is 11.2 Å². The highest BCUT2D eigenvalue weighted by atomic mass is 32.2. The number of halogens is 1. The molecule has 39 heavy (non-hydrogen) atoms. The van der Waals surface area contributed by atoms with Crippen LogP contribution in [-0.2, 0) is 10.0 Å². The zero-order valence-corrected chi connectivity index (χ0v) is 22.9. The Labute approximate surface area is 228 Å². The molecule has 0 amide bonds. The van der Waals surface area contributed by atoms with Crippen molar-refractivity contribution in [3.8, 4) is 0 Å². The van der Waals surface area contributed by atoms with Crippen molar-refractivity contribution in [3.63, 3.8) is 0 Å². The lowest BCUT2D eigenvalue weighted by Crippen LogP contribution is -2.52. The molecule has 0 spiro atoms. The van der Waals surface area contributed by atoms with E-state index in [0.29, 0.717) is 49.3 Å². The molecule has 10 nitrogen and oxygen atoms in total. The molecule has 0 unspecified atom stereocenters. The second-order valence-electron chi connectivity index (χ2n) is 11.2. The van der Waals surface area contributed by atoms with Gasteiger partial charge in [0.15, 0.2) is 11.5 Å². The number of imidazole rings is 1. The summed E-state index contributed by atoms with van der Waals surface area (Å²) < 4.78 is 43.5. The Bertz CT molecular complexity index is 1410. The number of nitrogens with zero attached hydrogens (tertiary/aromatic N) is 6. The Balaban J connectivity index is 1.29. The molecule has 2 aromatic heterocycles. The van der Waals surface area contributed by atoms with Gasteiger partial charge in [-0.2, -0.15) is 14.3 Å². The van der Waals surface area contributed by atoms with Gasteiger partial charge in [0.2, 0.25) is 16.0 Å². The highest BCUT2D eigenvalue weighted by molar-refractivity contribution is 7.89. The van der Waals surface area contributed by atoms with E-state index in [1.54, 1.807) is 0 Å². The lowest BCUT2D eigenvalue weighted by atomic mass is 9.89. The number of nitrogen functional groups attached to an aromatic ring is 1. The van der Waals surface area contributed by atoms with Gasteiger partial charge in [0, 0.05) is 37.3 Å². The quantitative estimate of drug-likeness (QED) is 0.470. The molecule has 0 radical (unpaired) electrons. The summed E-state index contributed by atoms with van der Waals surface area (Å²) in [5, 5.41) is 0. The molecular weight excluding hydrogens is 519 g/mol. The first kappa shape index (κ1) is 26.4. The molecule has 210 valence electrons. The van der Waals surface area contributed by atoms with Crippen LogP contribution in [0.2, 0.25) is 0 Å². The molecule has 2 aliphatic carbocycles. The Morgan fingerprint density at radius 2 is 1.54 bits per heavy atom. The van der Waals surface area contributed by atoms with Crippen LogP contribution >= 0.6 is 0 Å². The van der Waals surface area contributed by atoms with Gasteiger partial charge in [0.1, 0.15) is 11.3 Å². The topological polar surface area (TPSA) is 136 Å². The highest BCUT2D eigenvalue weighted by Crippen LogP contribution is 2.36. The van der Waals surface area contributed by atoms with Crippen molar-refractivity contribution in [2.45, 2.75) is 93.3 Å². The van der Waals surface area contributed by atoms with Crippen LogP contribution in [-0.4, -0.2) is 63.5 Å². The van der Waals surface area contributed by atoms with Gasteiger partial charge in [-0.15, -0.1) is 0 Å². The second kappa shape index (κ2) is 10.6. The fraction of sp³-hybridized carbons (Fsp3) is 0.593. The van der Waals surface area contributed by atoms with Crippen molar-refractivity contribution in [1.29, 1.82) is 0 Å². The highest BCUT2D eigenvalue weighted by Gasteiger charge is 2.37. The summed E-state index contributed by atoms with van der Waals surface area (Å²) in [6, 6.07) is 5.85. The van der Waals surface area contributed by atoms with Gasteiger partial charge in [0.25, 0.3) is 0 Å². The van der Waals surface area contributed by atoms with Gasteiger partial charge in [0.05, 0.1) is 11.2 Å². The summed E-state index contributed by atoms with van der Waals surface area (Å²) in [5.74, 6) is 0.515. The van der Waals surface area contributed by atoms with Crippen molar-refractivity contribution < 1.29 is 12.8 Å². The standard InChI is InChI=1S/C27H37FN8O2S/c28-18-5-11-23(12-6-18)39(37,38)34-15-13-22(14-16-34)36(21-9-7-19(29)8-10-21)27-32-25(30)24-26(33-27)35(17-31-24)20-3-1-2-4-20/h5-6,11-12,17,19-22H,1-4,7-10,13-16,29H2,(H2,30,32,33). The summed E-state index contributed by atoms with van der Waals surface area (Å²) in [6.07, 6.45) is 11.4. The summed E-state index contributed by atoms with van der Waals surface area (Å²) in [4.78, 5) is 16.8. The number of sulfonamides is 1. The van der Waals surface area contributed by atoms with Crippen LogP contribution in [0, 0.1) is 5.82 Å². The maximum atomic E-state index is 13.4. The van der Waals surface area contributed by atoms with Gasteiger partial charge in [-0.05, 0) is 75.6 Å². The van der Waals surface area contributed by atoms with Crippen LogP contribution in [0.3, 0.4) is 0 Å². The third-order valence-electron chi connectivity index (χ3n) is 8.79. The number of aromatic nitrogens is 4. The van der Waals surface area contributed by atoms with Gasteiger partial charge in [-0.3, -0.25) is 0 Å². The van der Waals surface area contributed by atoms with E-state index < -0.39 is 15.8 Å².